The minimum atomic E-state index is -0.280. The van der Waals surface area contributed by atoms with E-state index in [2.05, 4.69) is 35.1 Å². The van der Waals surface area contributed by atoms with Crippen molar-refractivity contribution in [3.63, 3.8) is 0 Å². The van der Waals surface area contributed by atoms with Crippen molar-refractivity contribution in [3.05, 3.63) is 29.6 Å². The maximum absolute atomic E-state index is 13.9. The van der Waals surface area contributed by atoms with Crippen molar-refractivity contribution >= 4 is 15.9 Å². The second-order valence-corrected chi connectivity index (χ2v) is 5.40. The molecule has 0 unspecified atom stereocenters. The van der Waals surface area contributed by atoms with E-state index in [9.17, 15) is 4.39 Å². The molecule has 0 atom stereocenters. The molecule has 1 aromatic rings. The normalized spacial score (nSPS) is 11.6. The Morgan fingerprint density at radius 1 is 1.41 bits per heavy atom. The van der Waals surface area contributed by atoms with Crippen LogP contribution < -0.4 is 10.1 Å². The van der Waals surface area contributed by atoms with Gasteiger partial charge in [0, 0.05) is 23.0 Å². The summed E-state index contributed by atoms with van der Waals surface area (Å²) in [5.74, 6) is 0.0136. The van der Waals surface area contributed by atoms with Crippen LogP contribution in [0.5, 0.6) is 5.75 Å². The van der Waals surface area contributed by atoms with Crippen molar-refractivity contribution in [1.82, 2.24) is 5.32 Å². The summed E-state index contributed by atoms with van der Waals surface area (Å²) in [6, 6.07) is 5.20. The van der Waals surface area contributed by atoms with Gasteiger partial charge in [0.1, 0.15) is 0 Å². The predicted molar refractivity (Wildman–Crippen MR) is 72.3 cm³/mol. The molecular weight excluding hydrogens is 285 g/mol. The molecular formula is C13H19BrFNO. The summed E-state index contributed by atoms with van der Waals surface area (Å²) in [5, 5.41) is 4.27. The molecule has 2 nitrogen and oxygen atoms in total. The van der Waals surface area contributed by atoms with Crippen LogP contribution in [0.3, 0.4) is 0 Å². The Kier molecular flexibility index (Phi) is 5.40. The van der Waals surface area contributed by atoms with Gasteiger partial charge in [0.2, 0.25) is 0 Å². The molecule has 0 amide bonds. The van der Waals surface area contributed by atoms with Crippen molar-refractivity contribution in [2.75, 3.05) is 12.4 Å². The van der Waals surface area contributed by atoms with E-state index in [0.717, 1.165) is 11.8 Å². The fourth-order valence-corrected chi connectivity index (χ4v) is 2.50. The lowest BCUT2D eigenvalue weighted by Gasteiger charge is -2.25. The molecule has 0 fully saturated rings. The lowest BCUT2D eigenvalue weighted by Crippen LogP contribution is -2.39. The largest absolute Gasteiger partial charge is 0.494 e. The molecule has 0 radical (unpaired) electrons. The molecule has 17 heavy (non-hydrogen) atoms. The minimum absolute atomic E-state index is 0.0149. The highest BCUT2D eigenvalue weighted by atomic mass is 79.9. The van der Waals surface area contributed by atoms with Crippen molar-refractivity contribution in [2.45, 2.75) is 32.4 Å². The lowest BCUT2D eigenvalue weighted by atomic mass is 10.0. The van der Waals surface area contributed by atoms with E-state index < -0.39 is 0 Å². The number of ether oxygens (including phenoxy) is 1. The highest BCUT2D eigenvalue weighted by molar-refractivity contribution is 9.09. The van der Waals surface area contributed by atoms with Crippen LogP contribution in [-0.4, -0.2) is 18.0 Å². The SMILES string of the molecule is COc1cccc(CNC(C)(C)CCBr)c1F. The Labute approximate surface area is 111 Å². The summed E-state index contributed by atoms with van der Waals surface area (Å²) in [6.45, 7) is 4.71. The number of nitrogens with one attached hydrogen (secondary N) is 1. The smallest absolute Gasteiger partial charge is 0.169 e. The Morgan fingerprint density at radius 2 is 2.12 bits per heavy atom. The third-order valence-corrected chi connectivity index (χ3v) is 3.14. The van der Waals surface area contributed by atoms with E-state index in [1.165, 1.54) is 7.11 Å². The maximum Gasteiger partial charge on any atom is 0.169 e. The number of hydrogen-bond donors (Lipinski definition) is 1. The Morgan fingerprint density at radius 3 is 2.71 bits per heavy atom. The number of methoxy groups -OCH3 is 1. The Bertz CT molecular complexity index is 368. The van der Waals surface area contributed by atoms with Gasteiger partial charge in [0.05, 0.1) is 7.11 Å². The molecule has 1 rings (SSSR count). The highest BCUT2D eigenvalue weighted by Gasteiger charge is 2.17. The molecule has 0 spiro atoms. The molecule has 4 heteroatoms. The number of alkyl halides is 1. The zero-order valence-corrected chi connectivity index (χ0v) is 12.1. The fourth-order valence-electron chi connectivity index (χ4n) is 1.51. The summed E-state index contributed by atoms with van der Waals surface area (Å²) < 4.78 is 18.8. The Balaban J connectivity index is 2.69. The first-order valence-electron chi connectivity index (χ1n) is 5.62. The number of halogens is 2. The van der Waals surface area contributed by atoms with Gasteiger partial charge in [-0.25, -0.2) is 4.39 Å². The maximum atomic E-state index is 13.9. The number of benzene rings is 1. The van der Waals surface area contributed by atoms with Gasteiger partial charge in [-0.1, -0.05) is 28.1 Å². The van der Waals surface area contributed by atoms with Crippen LogP contribution in [0.1, 0.15) is 25.8 Å². The average Bonchev–Trinajstić information content (AvgIpc) is 2.28. The molecule has 0 aliphatic heterocycles. The number of rotatable bonds is 6. The van der Waals surface area contributed by atoms with Crippen molar-refractivity contribution < 1.29 is 9.13 Å². The predicted octanol–water partition coefficient (Wildman–Crippen LogP) is 3.49. The van der Waals surface area contributed by atoms with Gasteiger partial charge >= 0.3 is 0 Å². The van der Waals surface area contributed by atoms with Crippen molar-refractivity contribution in [3.8, 4) is 5.75 Å². The monoisotopic (exact) mass is 303 g/mol. The van der Waals surface area contributed by atoms with Crippen LogP contribution in [0.15, 0.2) is 18.2 Å². The van der Waals surface area contributed by atoms with Crippen LogP contribution in [0.25, 0.3) is 0 Å². The van der Waals surface area contributed by atoms with Gasteiger partial charge in [-0.2, -0.15) is 0 Å². The second kappa shape index (κ2) is 6.36. The molecule has 0 heterocycles. The van der Waals surface area contributed by atoms with Crippen LogP contribution in [0, 0.1) is 5.82 Å². The second-order valence-electron chi connectivity index (χ2n) is 4.61. The van der Waals surface area contributed by atoms with Crippen molar-refractivity contribution in [1.29, 1.82) is 0 Å². The Hall–Kier alpha value is -0.610. The van der Waals surface area contributed by atoms with Crippen LogP contribution in [0.2, 0.25) is 0 Å². The number of hydrogen-bond acceptors (Lipinski definition) is 2. The first-order chi connectivity index (χ1) is 8.00. The summed E-state index contributed by atoms with van der Waals surface area (Å²) in [7, 11) is 1.48. The summed E-state index contributed by atoms with van der Waals surface area (Å²) >= 11 is 3.41. The van der Waals surface area contributed by atoms with Gasteiger partial charge in [-0.15, -0.1) is 0 Å². The zero-order chi connectivity index (χ0) is 12.9. The van der Waals surface area contributed by atoms with E-state index >= 15 is 0 Å². The molecule has 0 bridgehead atoms. The van der Waals surface area contributed by atoms with Crippen molar-refractivity contribution in [2.24, 2.45) is 0 Å². The molecule has 0 aliphatic carbocycles. The molecule has 0 aliphatic rings. The molecule has 96 valence electrons. The molecule has 0 aromatic heterocycles. The zero-order valence-electron chi connectivity index (χ0n) is 10.5. The quantitative estimate of drug-likeness (QED) is 0.812. The van der Waals surface area contributed by atoms with Gasteiger partial charge in [0.15, 0.2) is 11.6 Å². The van der Waals surface area contributed by atoms with Gasteiger partial charge in [0.25, 0.3) is 0 Å². The van der Waals surface area contributed by atoms with Gasteiger partial charge < -0.3 is 10.1 Å². The average molecular weight is 304 g/mol. The van der Waals surface area contributed by atoms with Gasteiger partial charge in [-0.3, -0.25) is 0 Å². The summed E-state index contributed by atoms with van der Waals surface area (Å²) in [6.07, 6.45) is 0.985. The first-order valence-corrected chi connectivity index (χ1v) is 6.74. The van der Waals surface area contributed by atoms with E-state index in [-0.39, 0.29) is 11.4 Å². The lowest BCUT2D eigenvalue weighted by molar-refractivity contribution is 0.363. The minimum Gasteiger partial charge on any atom is -0.494 e. The van der Waals surface area contributed by atoms with E-state index in [4.69, 9.17) is 4.74 Å². The summed E-state index contributed by atoms with van der Waals surface area (Å²) in [5.41, 5.74) is 0.617. The molecule has 1 aromatic carbocycles. The standard InChI is InChI=1S/C13H19BrFNO/c1-13(2,7-8-14)16-9-10-5-4-6-11(17-3)12(10)15/h4-6,16H,7-9H2,1-3H3. The highest BCUT2D eigenvalue weighted by Crippen LogP contribution is 2.20. The molecule has 1 N–H and O–H groups in total. The van der Waals surface area contributed by atoms with Crippen LogP contribution >= 0.6 is 15.9 Å². The van der Waals surface area contributed by atoms with Gasteiger partial charge in [-0.05, 0) is 26.3 Å². The van der Waals surface area contributed by atoms with Crippen LogP contribution in [0.4, 0.5) is 4.39 Å². The first kappa shape index (κ1) is 14.5. The fraction of sp³-hybridized carbons (Fsp3) is 0.538. The molecule has 0 saturated carbocycles. The third kappa shape index (κ3) is 4.28. The molecule has 0 saturated heterocycles. The van der Waals surface area contributed by atoms with E-state index in [1.807, 2.05) is 0 Å². The third-order valence-electron chi connectivity index (χ3n) is 2.74. The summed E-state index contributed by atoms with van der Waals surface area (Å²) in [4.78, 5) is 0. The van der Waals surface area contributed by atoms with Crippen LogP contribution in [-0.2, 0) is 6.54 Å². The van der Waals surface area contributed by atoms with E-state index in [0.29, 0.717) is 17.9 Å². The van der Waals surface area contributed by atoms with E-state index in [1.54, 1.807) is 18.2 Å². The topological polar surface area (TPSA) is 21.3 Å².